The highest BCUT2D eigenvalue weighted by Gasteiger charge is 2.19. The smallest absolute Gasteiger partial charge is 0.241 e. The van der Waals surface area contributed by atoms with Gasteiger partial charge in [0.25, 0.3) is 0 Å². The van der Waals surface area contributed by atoms with Crippen LogP contribution >= 0.6 is 11.3 Å². The number of carbonyl (C=O) groups is 1. The number of aliphatic hydroxyl groups is 1. The normalized spacial score (nSPS) is 12.7. The zero-order chi connectivity index (χ0) is 21.0. The average molecular weight is 435 g/mol. The number of thiophene rings is 1. The van der Waals surface area contributed by atoms with Crippen molar-refractivity contribution in [2.24, 2.45) is 0 Å². The van der Waals surface area contributed by atoms with Gasteiger partial charge in [0.05, 0.1) is 11.2 Å². The fourth-order valence-corrected chi connectivity index (χ4v) is 5.01. The molecule has 0 fully saturated rings. The summed E-state index contributed by atoms with van der Waals surface area (Å²) in [5, 5.41) is 13.0. The fourth-order valence-electron chi connectivity index (χ4n) is 2.75. The molecular formula is C20H22N2O5S2. The molecule has 0 unspecified atom stereocenters. The standard InChI is InChI=1S/C20H22N2O5S2/c1-3-19(23)22-14-6-9-18(13(2)11-14)29(25,26)21-12-15-7-8-17(28-15)20(24)16-5-4-10-27-16/h4-11,20-21,24H,3,12H2,1-2H3,(H,22,23)/t20-/m0/s1. The molecule has 1 amide bonds. The van der Waals surface area contributed by atoms with E-state index in [-0.39, 0.29) is 17.3 Å². The number of hydrogen-bond acceptors (Lipinski definition) is 6. The third kappa shape index (κ3) is 5.13. The predicted molar refractivity (Wildman–Crippen MR) is 111 cm³/mol. The Kier molecular flexibility index (Phi) is 6.53. The van der Waals surface area contributed by atoms with E-state index < -0.39 is 16.1 Å². The summed E-state index contributed by atoms with van der Waals surface area (Å²) in [5.74, 6) is 0.299. The lowest BCUT2D eigenvalue weighted by Gasteiger charge is -2.11. The van der Waals surface area contributed by atoms with Crippen molar-refractivity contribution >= 4 is 33.0 Å². The first kappa shape index (κ1) is 21.3. The monoisotopic (exact) mass is 434 g/mol. The van der Waals surface area contributed by atoms with E-state index in [1.807, 2.05) is 0 Å². The van der Waals surface area contributed by atoms with Crippen molar-refractivity contribution < 1.29 is 22.7 Å². The maximum Gasteiger partial charge on any atom is 0.241 e. The van der Waals surface area contributed by atoms with Crippen LogP contribution in [0.2, 0.25) is 0 Å². The minimum Gasteiger partial charge on any atom is -0.466 e. The number of aliphatic hydroxyl groups excluding tert-OH is 1. The van der Waals surface area contributed by atoms with Gasteiger partial charge in [-0.1, -0.05) is 6.92 Å². The second kappa shape index (κ2) is 8.91. The van der Waals surface area contributed by atoms with E-state index in [2.05, 4.69) is 10.0 Å². The number of carbonyl (C=O) groups excluding carboxylic acids is 1. The summed E-state index contributed by atoms with van der Waals surface area (Å²) in [4.78, 5) is 13.1. The van der Waals surface area contributed by atoms with Crippen LogP contribution in [0.15, 0.2) is 58.0 Å². The van der Waals surface area contributed by atoms with Crippen molar-refractivity contribution in [2.75, 3.05) is 5.32 Å². The van der Waals surface area contributed by atoms with Crippen molar-refractivity contribution in [3.05, 3.63) is 69.8 Å². The van der Waals surface area contributed by atoms with Gasteiger partial charge in [-0.05, 0) is 55.0 Å². The summed E-state index contributed by atoms with van der Waals surface area (Å²) in [5.41, 5.74) is 1.09. The van der Waals surface area contributed by atoms with Crippen LogP contribution in [0.4, 0.5) is 5.69 Å². The number of benzene rings is 1. The van der Waals surface area contributed by atoms with Gasteiger partial charge in [-0.25, -0.2) is 13.1 Å². The Morgan fingerprint density at radius 2 is 2.03 bits per heavy atom. The molecule has 0 aliphatic rings. The molecule has 154 valence electrons. The van der Waals surface area contributed by atoms with Crippen molar-refractivity contribution in [3.63, 3.8) is 0 Å². The van der Waals surface area contributed by atoms with Crippen LogP contribution in [0.1, 0.15) is 40.5 Å². The van der Waals surface area contributed by atoms with Crippen LogP contribution in [0.5, 0.6) is 0 Å². The molecule has 0 radical (unpaired) electrons. The Morgan fingerprint density at radius 1 is 1.24 bits per heavy atom. The molecule has 0 aliphatic carbocycles. The van der Waals surface area contributed by atoms with E-state index in [9.17, 15) is 18.3 Å². The van der Waals surface area contributed by atoms with Crippen molar-refractivity contribution in [1.82, 2.24) is 4.72 Å². The Hall–Kier alpha value is -2.46. The van der Waals surface area contributed by atoms with Crippen molar-refractivity contribution in [3.8, 4) is 0 Å². The molecular weight excluding hydrogens is 412 g/mol. The molecule has 2 heterocycles. The summed E-state index contributed by atoms with van der Waals surface area (Å²) in [6, 6.07) is 11.6. The van der Waals surface area contributed by atoms with E-state index >= 15 is 0 Å². The number of aryl methyl sites for hydroxylation is 1. The molecule has 1 atom stereocenters. The van der Waals surface area contributed by atoms with Gasteiger partial charge in [0.1, 0.15) is 11.9 Å². The van der Waals surface area contributed by atoms with Crippen LogP contribution in [-0.4, -0.2) is 19.4 Å². The molecule has 3 N–H and O–H groups in total. The van der Waals surface area contributed by atoms with Gasteiger partial charge >= 0.3 is 0 Å². The lowest BCUT2D eigenvalue weighted by molar-refractivity contribution is -0.115. The minimum absolute atomic E-state index is 0.103. The molecule has 3 aromatic rings. The molecule has 29 heavy (non-hydrogen) atoms. The van der Waals surface area contributed by atoms with Crippen LogP contribution in [0.3, 0.4) is 0 Å². The maximum absolute atomic E-state index is 12.7. The van der Waals surface area contributed by atoms with Crippen LogP contribution in [0, 0.1) is 6.92 Å². The first-order valence-electron chi connectivity index (χ1n) is 9.00. The number of rotatable bonds is 8. The molecule has 0 saturated carbocycles. The zero-order valence-electron chi connectivity index (χ0n) is 16.0. The molecule has 3 rings (SSSR count). The molecule has 9 heteroatoms. The van der Waals surface area contributed by atoms with Gasteiger partial charge < -0.3 is 14.8 Å². The highest BCUT2D eigenvalue weighted by molar-refractivity contribution is 7.89. The van der Waals surface area contributed by atoms with Gasteiger partial charge in [0, 0.05) is 28.4 Å². The van der Waals surface area contributed by atoms with Crippen LogP contribution in [0.25, 0.3) is 0 Å². The van der Waals surface area contributed by atoms with Crippen molar-refractivity contribution in [1.29, 1.82) is 0 Å². The van der Waals surface area contributed by atoms with E-state index in [4.69, 9.17) is 4.42 Å². The summed E-state index contributed by atoms with van der Waals surface area (Å²) in [6.45, 7) is 3.53. The molecule has 0 bridgehead atoms. The number of sulfonamides is 1. The topological polar surface area (TPSA) is 109 Å². The van der Waals surface area contributed by atoms with Crippen LogP contribution < -0.4 is 10.0 Å². The number of furan rings is 1. The predicted octanol–water partition coefficient (Wildman–Crippen LogP) is 3.56. The summed E-state index contributed by atoms with van der Waals surface area (Å²) in [7, 11) is -3.73. The number of anilines is 1. The largest absolute Gasteiger partial charge is 0.466 e. The van der Waals surface area contributed by atoms with Crippen molar-refractivity contribution in [2.45, 2.75) is 37.8 Å². The van der Waals surface area contributed by atoms with Crippen LogP contribution in [-0.2, 0) is 21.4 Å². The molecule has 2 aromatic heterocycles. The van der Waals surface area contributed by atoms with Gasteiger partial charge in [-0.2, -0.15) is 0 Å². The second-order valence-electron chi connectivity index (χ2n) is 6.43. The van der Waals surface area contributed by atoms with E-state index in [1.165, 1.54) is 23.7 Å². The molecule has 1 aromatic carbocycles. The molecule has 7 nitrogen and oxygen atoms in total. The molecule has 0 spiro atoms. The number of nitrogens with one attached hydrogen (secondary N) is 2. The van der Waals surface area contributed by atoms with Gasteiger partial charge in [0.2, 0.25) is 15.9 Å². The van der Waals surface area contributed by atoms with Gasteiger partial charge in [-0.15, -0.1) is 11.3 Å². The molecule has 0 saturated heterocycles. The lowest BCUT2D eigenvalue weighted by Crippen LogP contribution is -2.23. The second-order valence-corrected chi connectivity index (χ2v) is 9.36. The summed E-state index contributed by atoms with van der Waals surface area (Å²) >= 11 is 1.31. The Morgan fingerprint density at radius 3 is 2.69 bits per heavy atom. The maximum atomic E-state index is 12.7. The first-order chi connectivity index (χ1) is 13.8. The lowest BCUT2D eigenvalue weighted by atomic mass is 10.2. The third-order valence-corrected chi connectivity index (χ3v) is 6.97. The zero-order valence-corrected chi connectivity index (χ0v) is 17.6. The highest BCUT2D eigenvalue weighted by Crippen LogP contribution is 2.29. The Labute approximate surface area is 173 Å². The SMILES string of the molecule is CCC(=O)Nc1ccc(S(=O)(=O)NCc2ccc([C@@H](O)c3ccco3)s2)c(C)c1. The Bertz CT molecular complexity index is 1090. The first-order valence-corrected chi connectivity index (χ1v) is 11.3. The quantitative estimate of drug-likeness (QED) is 0.502. The number of hydrogen-bond donors (Lipinski definition) is 3. The Balaban J connectivity index is 1.68. The van der Waals surface area contributed by atoms with Gasteiger partial charge in [0.15, 0.2) is 0 Å². The number of amides is 1. The van der Waals surface area contributed by atoms with E-state index in [1.54, 1.807) is 50.2 Å². The van der Waals surface area contributed by atoms with Gasteiger partial charge in [-0.3, -0.25) is 4.79 Å². The average Bonchev–Trinajstić information content (AvgIpc) is 3.38. The summed E-state index contributed by atoms with van der Waals surface area (Å²) in [6.07, 6.45) is 0.953. The minimum atomic E-state index is -3.73. The summed E-state index contributed by atoms with van der Waals surface area (Å²) < 4.78 is 33.2. The van der Waals surface area contributed by atoms with E-state index in [0.29, 0.717) is 28.3 Å². The highest BCUT2D eigenvalue weighted by atomic mass is 32.2. The molecule has 0 aliphatic heterocycles. The van der Waals surface area contributed by atoms with E-state index in [0.717, 1.165) is 4.88 Å². The third-order valence-electron chi connectivity index (χ3n) is 4.27. The fraction of sp³-hybridized carbons (Fsp3) is 0.250.